The van der Waals surface area contributed by atoms with Gasteiger partial charge in [-0.25, -0.2) is 13.1 Å². The van der Waals surface area contributed by atoms with Crippen LogP contribution in [0.5, 0.6) is 0 Å². The molecule has 0 bridgehead atoms. The van der Waals surface area contributed by atoms with E-state index in [2.05, 4.69) is 4.72 Å². The summed E-state index contributed by atoms with van der Waals surface area (Å²) in [5, 5.41) is 0. The Morgan fingerprint density at radius 1 is 1.33 bits per heavy atom. The molecular weight excluding hydrogens is 214 g/mol. The van der Waals surface area contributed by atoms with Crippen LogP contribution in [0.25, 0.3) is 0 Å². The molecule has 0 radical (unpaired) electrons. The number of hydrogen-bond donors (Lipinski definition) is 1. The van der Waals surface area contributed by atoms with E-state index in [1.54, 1.807) is 12.1 Å². The minimum Gasteiger partial charge on any atom is -0.298 e. The second-order valence-corrected chi connectivity index (χ2v) is 5.30. The lowest BCUT2D eigenvalue weighted by Crippen LogP contribution is -2.25. The first-order valence-corrected chi connectivity index (χ1v) is 6.18. The standard InChI is InChI=1S/C10H11NO3S/c12-7-8-2-1-3-10(6-8)15(13,14)11-9-4-5-9/h1-3,6-7,9,11H,4-5H2. The molecule has 0 amide bonds. The first-order chi connectivity index (χ1) is 7.12. The van der Waals surface area contributed by atoms with Crippen molar-refractivity contribution in [3.63, 3.8) is 0 Å². The number of nitrogens with one attached hydrogen (secondary N) is 1. The minimum absolute atomic E-state index is 0.0786. The molecule has 5 heteroatoms. The van der Waals surface area contributed by atoms with Gasteiger partial charge in [-0.2, -0.15) is 0 Å². The van der Waals surface area contributed by atoms with Gasteiger partial charge in [0.2, 0.25) is 10.0 Å². The third kappa shape index (κ3) is 2.43. The maximum Gasteiger partial charge on any atom is 0.240 e. The van der Waals surface area contributed by atoms with Crippen LogP contribution in [0.4, 0.5) is 0 Å². The van der Waals surface area contributed by atoms with Crippen molar-refractivity contribution >= 4 is 16.3 Å². The average molecular weight is 225 g/mol. The lowest BCUT2D eigenvalue weighted by molar-refractivity contribution is 0.112. The van der Waals surface area contributed by atoms with Crippen molar-refractivity contribution in [3.8, 4) is 0 Å². The topological polar surface area (TPSA) is 63.2 Å². The maximum absolute atomic E-state index is 11.7. The zero-order valence-electron chi connectivity index (χ0n) is 8.01. The maximum atomic E-state index is 11.7. The van der Waals surface area contributed by atoms with E-state index in [9.17, 15) is 13.2 Å². The van der Waals surface area contributed by atoms with Crippen LogP contribution in [0.15, 0.2) is 29.2 Å². The van der Waals surface area contributed by atoms with Crippen LogP contribution in [-0.2, 0) is 10.0 Å². The zero-order chi connectivity index (χ0) is 10.9. The molecule has 0 spiro atoms. The molecule has 0 saturated heterocycles. The highest BCUT2D eigenvalue weighted by molar-refractivity contribution is 7.89. The Kier molecular flexibility index (Phi) is 2.58. The quantitative estimate of drug-likeness (QED) is 0.776. The first-order valence-electron chi connectivity index (χ1n) is 4.69. The van der Waals surface area contributed by atoms with Crippen LogP contribution in [0.2, 0.25) is 0 Å². The number of carbonyl (C=O) groups excluding carboxylic acids is 1. The van der Waals surface area contributed by atoms with Crippen molar-refractivity contribution in [2.45, 2.75) is 23.8 Å². The number of carbonyl (C=O) groups is 1. The lowest BCUT2D eigenvalue weighted by Gasteiger charge is -2.05. The number of aldehydes is 1. The Morgan fingerprint density at radius 2 is 2.07 bits per heavy atom. The molecule has 1 N–H and O–H groups in total. The molecule has 1 fully saturated rings. The van der Waals surface area contributed by atoms with Gasteiger partial charge in [0.1, 0.15) is 6.29 Å². The van der Waals surface area contributed by atoms with E-state index in [4.69, 9.17) is 0 Å². The number of rotatable bonds is 4. The van der Waals surface area contributed by atoms with Crippen LogP contribution in [-0.4, -0.2) is 20.7 Å². The van der Waals surface area contributed by atoms with Crippen molar-refractivity contribution in [1.82, 2.24) is 4.72 Å². The van der Waals surface area contributed by atoms with E-state index in [1.165, 1.54) is 12.1 Å². The summed E-state index contributed by atoms with van der Waals surface area (Å²) in [6.45, 7) is 0. The molecule has 0 aliphatic heterocycles. The highest BCUT2D eigenvalue weighted by Crippen LogP contribution is 2.22. The summed E-state index contributed by atoms with van der Waals surface area (Å²) in [5.41, 5.74) is 0.369. The number of sulfonamides is 1. The molecule has 1 aromatic carbocycles. The molecular formula is C10H11NO3S. The molecule has 1 aromatic rings. The van der Waals surface area contributed by atoms with Gasteiger partial charge in [-0.15, -0.1) is 0 Å². The predicted molar refractivity (Wildman–Crippen MR) is 55.2 cm³/mol. The van der Waals surface area contributed by atoms with Crippen LogP contribution in [0, 0.1) is 0 Å². The zero-order valence-corrected chi connectivity index (χ0v) is 8.83. The molecule has 4 nitrogen and oxygen atoms in total. The third-order valence-corrected chi connectivity index (χ3v) is 3.72. The van der Waals surface area contributed by atoms with Gasteiger partial charge in [0.05, 0.1) is 4.90 Å². The summed E-state index contributed by atoms with van der Waals surface area (Å²) in [6, 6.07) is 6.07. The van der Waals surface area contributed by atoms with E-state index < -0.39 is 10.0 Å². The van der Waals surface area contributed by atoms with Crippen LogP contribution < -0.4 is 4.72 Å². The van der Waals surface area contributed by atoms with E-state index >= 15 is 0 Å². The Bertz CT molecular complexity index is 477. The lowest BCUT2D eigenvalue weighted by atomic mass is 10.2. The molecule has 0 atom stereocenters. The highest BCUT2D eigenvalue weighted by Gasteiger charge is 2.27. The van der Waals surface area contributed by atoms with Crippen molar-refractivity contribution < 1.29 is 13.2 Å². The first kappa shape index (κ1) is 10.3. The van der Waals surface area contributed by atoms with Crippen molar-refractivity contribution in [2.75, 3.05) is 0 Å². The van der Waals surface area contributed by atoms with Crippen LogP contribution in [0.1, 0.15) is 23.2 Å². The summed E-state index contributed by atoms with van der Waals surface area (Å²) in [4.78, 5) is 10.7. The number of hydrogen-bond acceptors (Lipinski definition) is 3. The van der Waals surface area contributed by atoms with Gasteiger partial charge < -0.3 is 0 Å². The molecule has 0 heterocycles. The summed E-state index contributed by atoms with van der Waals surface area (Å²) in [6.07, 6.45) is 2.43. The summed E-state index contributed by atoms with van der Waals surface area (Å²) >= 11 is 0. The van der Waals surface area contributed by atoms with E-state index in [0.717, 1.165) is 12.8 Å². The van der Waals surface area contributed by atoms with Crippen LogP contribution in [0.3, 0.4) is 0 Å². The van der Waals surface area contributed by atoms with Crippen molar-refractivity contribution in [2.24, 2.45) is 0 Å². The predicted octanol–water partition coefficient (Wildman–Crippen LogP) is 0.940. The third-order valence-electron chi connectivity index (χ3n) is 2.20. The molecule has 0 aromatic heterocycles. The number of benzene rings is 1. The second-order valence-electron chi connectivity index (χ2n) is 3.59. The summed E-state index contributed by atoms with van der Waals surface area (Å²) in [7, 11) is -3.44. The Labute approximate surface area is 88.4 Å². The fourth-order valence-corrected chi connectivity index (χ4v) is 2.60. The fraction of sp³-hybridized carbons (Fsp3) is 0.300. The van der Waals surface area contributed by atoms with E-state index in [1.807, 2.05) is 0 Å². The Hall–Kier alpha value is -1.20. The Morgan fingerprint density at radius 3 is 2.67 bits per heavy atom. The van der Waals surface area contributed by atoms with E-state index in [0.29, 0.717) is 11.8 Å². The largest absolute Gasteiger partial charge is 0.298 e. The van der Waals surface area contributed by atoms with Crippen molar-refractivity contribution in [1.29, 1.82) is 0 Å². The summed E-state index contributed by atoms with van der Waals surface area (Å²) in [5.74, 6) is 0. The van der Waals surface area contributed by atoms with Crippen molar-refractivity contribution in [3.05, 3.63) is 29.8 Å². The normalized spacial score (nSPS) is 16.3. The Balaban J connectivity index is 2.30. The monoisotopic (exact) mass is 225 g/mol. The van der Waals surface area contributed by atoms with Gasteiger partial charge in [-0.1, -0.05) is 12.1 Å². The molecule has 1 aliphatic carbocycles. The van der Waals surface area contributed by atoms with Gasteiger partial charge in [-0.3, -0.25) is 4.79 Å². The molecule has 15 heavy (non-hydrogen) atoms. The fourth-order valence-electron chi connectivity index (χ4n) is 1.24. The summed E-state index contributed by atoms with van der Waals surface area (Å²) < 4.78 is 26.0. The molecule has 2 rings (SSSR count). The van der Waals surface area contributed by atoms with Gasteiger partial charge >= 0.3 is 0 Å². The minimum atomic E-state index is -3.44. The van der Waals surface area contributed by atoms with Gasteiger partial charge in [0.25, 0.3) is 0 Å². The van der Waals surface area contributed by atoms with Gasteiger partial charge in [0.15, 0.2) is 0 Å². The van der Waals surface area contributed by atoms with E-state index in [-0.39, 0.29) is 10.9 Å². The van der Waals surface area contributed by atoms with Gasteiger partial charge in [0, 0.05) is 11.6 Å². The second kappa shape index (κ2) is 3.75. The molecule has 80 valence electrons. The smallest absolute Gasteiger partial charge is 0.240 e. The van der Waals surface area contributed by atoms with Crippen LogP contribution >= 0.6 is 0 Å². The van der Waals surface area contributed by atoms with Gasteiger partial charge in [-0.05, 0) is 25.0 Å². The SMILES string of the molecule is O=Cc1cccc(S(=O)(=O)NC2CC2)c1. The molecule has 0 unspecified atom stereocenters. The molecule has 1 saturated carbocycles. The highest BCUT2D eigenvalue weighted by atomic mass is 32.2. The molecule has 1 aliphatic rings. The average Bonchev–Trinajstić information content (AvgIpc) is 3.01.